The van der Waals surface area contributed by atoms with Crippen LogP contribution in [-0.2, 0) is 16.6 Å². The largest absolute Gasteiger partial charge is 0.359 e. The van der Waals surface area contributed by atoms with Gasteiger partial charge in [-0.2, -0.15) is 0 Å². The summed E-state index contributed by atoms with van der Waals surface area (Å²) in [7, 11) is -0.500. The number of amides is 2. The maximum absolute atomic E-state index is 12.0. The Balaban J connectivity index is 1.96. The summed E-state index contributed by atoms with van der Waals surface area (Å²) in [5.41, 5.74) is 1.92. The third-order valence-electron chi connectivity index (χ3n) is 3.43. The van der Waals surface area contributed by atoms with Crippen molar-refractivity contribution in [2.45, 2.75) is 25.3 Å². The van der Waals surface area contributed by atoms with Crippen LogP contribution in [-0.4, -0.2) is 38.0 Å². The van der Waals surface area contributed by atoms with Crippen molar-refractivity contribution in [1.82, 2.24) is 14.8 Å². The number of carbonyl (C=O) groups excluding carboxylic acids is 1. The predicted molar refractivity (Wildman–Crippen MR) is 89.2 cm³/mol. The van der Waals surface area contributed by atoms with Gasteiger partial charge in [0.2, 0.25) is 10.0 Å². The van der Waals surface area contributed by atoms with Gasteiger partial charge >= 0.3 is 6.03 Å². The minimum atomic E-state index is -3.45. The third-order valence-corrected chi connectivity index (χ3v) is 5.26. The standard InChI is InChI=1S/C15H20N4O4S/c1-10-14(11(2)23-18-10)17-15(20)16-9-12-5-7-13(8-6-12)24(21,22)19(3)4/h5-8H,9H2,1-4H3,(H2,16,17,20). The van der Waals surface area contributed by atoms with E-state index in [1.54, 1.807) is 26.0 Å². The van der Waals surface area contributed by atoms with Crippen LogP contribution in [0.2, 0.25) is 0 Å². The monoisotopic (exact) mass is 352 g/mol. The molecule has 0 saturated heterocycles. The molecule has 2 N–H and O–H groups in total. The maximum atomic E-state index is 12.0. The Bertz CT molecular complexity index is 806. The zero-order chi connectivity index (χ0) is 17.9. The van der Waals surface area contributed by atoms with E-state index >= 15 is 0 Å². The number of anilines is 1. The van der Waals surface area contributed by atoms with Crippen LogP contribution >= 0.6 is 0 Å². The van der Waals surface area contributed by atoms with E-state index in [1.165, 1.54) is 26.2 Å². The molecule has 2 amide bonds. The average Bonchev–Trinajstić information content (AvgIpc) is 2.85. The van der Waals surface area contributed by atoms with Crippen LogP contribution in [0.4, 0.5) is 10.5 Å². The molecule has 9 heteroatoms. The van der Waals surface area contributed by atoms with Gasteiger partial charge in [-0.25, -0.2) is 17.5 Å². The Morgan fingerprint density at radius 3 is 2.33 bits per heavy atom. The molecule has 0 fully saturated rings. The highest BCUT2D eigenvalue weighted by molar-refractivity contribution is 7.89. The molecule has 24 heavy (non-hydrogen) atoms. The summed E-state index contributed by atoms with van der Waals surface area (Å²) in [4.78, 5) is 12.1. The number of aromatic nitrogens is 1. The number of benzene rings is 1. The number of nitrogens with one attached hydrogen (secondary N) is 2. The van der Waals surface area contributed by atoms with Crippen molar-refractivity contribution in [2.75, 3.05) is 19.4 Å². The normalized spacial score (nSPS) is 11.5. The Labute approximate surface area is 140 Å². The van der Waals surface area contributed by atoms with E-state index < -0.39 is 16.1 Å². The molecule has 0 spiro atoms. The second-order valence-corrected chi connectivity index (χ2v) is 7.59. The molecule has 0 aliphatic rings. The van der Waals surface area contributed by atoms with Crippen molar-refractivity contribution in [3.8, 4) is 0 Å². The summed E-state index contributed by atoms with van der Waals surface area (Å²) in [5.74, 6) is 0.529. The van der Waals surface area contributed by atoms with Gasteiger partial charge in [0.25, 0.3) is 0 Å². The van der Waals surface area contributed by atoms with Crippen molar-refractivity contribution in [3.05, 3.63) is 41.3 Å². The fraction of sp³-hybridized carbons (Fsp3) is 0.333. The van der Waals surface area contributed by atoms with Crippen molar-refractivity contribution >= 4 is 21.7 Å². The van der Waals surface area contributed by atoms with E-state index in [2.05, 4.69) is 15.8 Å². The fourth-order valence-electron chi connectivity index (χ4n) is 1.99. The number of hydrogen-bond acceptors (Lipinski definition) is 5. The Morgan fingerprint density at radius 1 is 1.21 bits per heavy atom. The number of sulfonamides is 1. The van der Waals surface area contributed by atoms with Gasteiger partial charge in [0, 0.05) is 20.6 Å². The molecule has 1 aromatic heterocycles. The molecule has 0 unspecified atom stereocenters. The number of carbonyl (C=O) groups is 1. The minimum Gasteiger partial charge on any atom is -0.359 e. The van der Waals surface area contributed by atoms with Gasteiger partial charge in [-0.3, -0.25) is 0 Å². The Hall–Kier alpha value is -2.39. The van der Waals surface area contributed by atoms with E-state index in [-0.39, 0.29) is 11.4 Å². The zero-order valence-corrected chi connectivity index (χ0v) is 14.8. The Morgan fingerprint density at radius 2 is 1.83 bits per heavy atom. The van der Waals surface area contributed by atoms with Crippen LogP contribution in [0.15, 0.2) is 33.7 Å². The van der Waals surface area contributed by atoms with E-state index in [4.69, 9.17) is 4.52 Å². The van der Waals surface area contributed by atoms with E-state index in [1.807, 2.05) is 0 Å². The molecule has 1 aromatic carbocycles. The quantitative estimate of drug-likeness (QED) is 0.855. The SMILES string of the molecule is Cc1noc(C)c1NC(=O)NCc1ccc(S(=O)(=O)N(C)C)cc1. The number of hydrogen-bond donors (Lipinski definition) is 2. The molecule has 8 nitrogen and oxygen atoms in total. The smallest absolute Gasteiger partial charge is 0.319 e. The molecular formula is C15H20N4O4S. The molecule has 0 aliphatic heterocycles. The van der Waals surface area contributed by atoms with Crippen molar-refractivity contribution < 1.29 is 17.7 Å². The van der Waals surface area contributed by atoms with Gasteiger partial charge in [0.15, 0.2) is 5.76 Å². The van der Waals surface area contributed by atoms with Gasteiger partial charge in [-0.1, -0.05) is 17.3 Å². The lowest BCUT2D eigenvalue weighted by Crippen LogP contribution is -2.28. The lowest BCUT2D eigenvalue weighted by atomic mass is 10.2. The molecule has 0 radical (unpaired) electrons. The second-order valence-electron chi connectivity index (χ2n) is 5.44. The van der Waals surface area contributed by atoms with Crippen LogP contribution in [0.1, 0.15) is 17.0 Å². The van der Waals surface area contributed by atoms with Crippen LogP contribution in [0.25, 0.3) is 0 Å². The van der Waals surface area contributed by atoms with E-state index in [9.17, 15) is 13.2 Å². The highest BCUT2D eigenvalue weighted by atomic mass is 32.2. The Kier molecular flexibility index (Phi) is 5.25. The van der Waals surface area contributed by atoms with Crippen molar-refractivity contribution in [1.29, 1.82) is 0 Å². The summed E-state index contributed by atoms with van der Waals surface area (Å²) in [5, 5.41) is 9.12. The average molecular weight is 352 g/mol. The first-order valence-electron chi connectivity index (χ1n) is 7.21. The topological polar surface area (TPSA) is 105 Å². The van der Waals surface area contributed by atoms with Crippen LogP contribution < -0.4 is 10.6 Å². The van der Waals surface area contributed by atoms with Crippen LogP contribution in [0, 0.1) is 13.8 Å². The van der Waals surface area contributed by atoms with E-state index in [0.29, 0.717) is 17.1 Å². The number of aryl methyl sites for hydroxylation is 2. The van der Waals surface area contributed by atoms with Crippen molar-refractivity contribution in [3.63, 3.8) is 0 Å². The maximum Gasteiger partial charge on any atom is 0.319 e. The molecule has 2 aromatic rings. The molecule has 0 bridgehead atoms. The van der Waals surface area contributed by atoms with Crippen LogP contribution in [0.5, 0.6) is 0 Å². The first-order valence-corrected chi connectivity index (χ1v) is 8.65. The molecule has 1 heterocycles. The zero-order valence-electron chi connectivity index (χ0n) is 14.0. The summed E-state index contributed by atoms with van der Waals surface area (Å²) >= 11 is 0. The lowest BCUT2D eigenvalue weighted by molar-refractivity contribution is 0.251. The van der Waals surface area contributed by atoms with Crippen LogP contribution in [0.3, 0.4) is 0 Å². The summed E-state index contributed by atoms with van der Waals surface area (Å²) in [6.07, 6.45) is 0. The molecule has 0 aliphatic carbocycles. The van der Waals surface area contributed by atoms with Gasteiger partial charge in [-0.05, 0) is 31.5 Å². The molecule has 2 rings (SSSR count). The predicted octanol–water partition coefficient (Wildman–Crippen LogP) is 1.86. The second kappa shape index (κ2) is 7.02. The molecule has 0 saturated carbocycles. The molecule has 130 valence electrons. The van der Waals surface area contributed by atoms with Gasteiger partial charge < -0.3 is 15.2 Å². The third kappa shape index (κ3) is 3.92. The highest BCUT2D eigenvalue weighted by Crippen LogP contribution is 2.18. The molecule has 0 atom stereocenters. The first-order chi connectivity index (χ1) is 11.2. The van der Waals surface area contributed by atoms with Gasteiger partial charge in [0.1, 0.15) is 11.4 Å². The van der Waals surface area contributed by atoms with Gasteiger partial charge in [0.05, 0.1) is 4.90 Å². The van der Waals surface area contributed by atoms with E-state index in [0.717, 1.165) is 9.87 Å². The summed E-state index contributed by atoms with van der Waals surface area (Å²) in [6.45, 7) is 3.70. The minimum absolute atomic E-state index is 0.205. The fourth-order valence-corrected chi connectivity index (χ4v) is 2.89. The highest BCUT2D eigenvalue weighted by Gasteiger charge is 2.16. The summed E-state index contributed by atoms with van der Waals surface area (Å²) < 4.78 is 30.1. The lowest BCUT2D eigenvalue weighted by Gasteiger charge is -2.12. The molecular weight excluding hydrogens is 332 g/mol. The summed E-state index contributed by atoms with van der Waals surface area (Å²) in [6, 6.07) is 5.95. The number of urea groups is 1. The first kappa shape index (κ1) is 18.0. The number of rotatable bonds is 5. The number of nitrogens with zero attached hydrogens (tertiary/aromatic N) is 2. The van der Waals surface area contributed by atoms with Gasteiger partial charge in [-0.15, -0.1) is 0 Å². The van der Waals surface area contributed by atoms with Crippen molar-refractivity contribution in [2.24, 2.45) is 0 Å².